The van der Waals surface area contributed by atoms with E-state index in [1.165, 1.54) is 29.4 Å². The summed E-state index contributed by atoms with van der Waals surface area (Å²) in [6.45, 7) is 7.67. The number of aromatic nitrogens is 1. The van der Waals surface area contributed by atoms with Crippen LogP contribution in [0.2, 0.25) is 0 Å². The van der Waals surface area contributed by atoms with Gasteiger partial charge >= 0.3 is 0 Å². The number of aryl methyl sites for hydroxylation is 1. The van der Waals surface area contributed by atoms with E-state index in [0.717, 1.165) is 17.6 Å². The van der Waals surface area contributed by atoms with Gasteiger partial charge in [-0.2, -0.15) is 5.57 Å². The van der Waals surface area contributed by atoms with E-state index in [2.05, 4.69) is 50.3 Å². The van der Waals surface area contributed by atoms with Crippen molar-refractivity contribution >= 4 is 16.5 Å². The van der Waals surface area contributed by atoms with Crippen LogP contribution in [0, 0.1) is 18.9 Å². The topological polar surface area (TPSA) is 53.4 Å². The first-order chi connectivity index (χ1) is 11.8. The van der Waals surface area contributed by atoms with Gasteiger partial charge in [0.1, 0.15) is 0 Å². The summed E-state index contributed by atoms with van der Waals surface area (Å²) >= 11 is 0. The molecule has 4 heteroatoms. The summed E-state index contributed by atoms with van der Waals surface area (Å²) in [6.07, 6.45) is 6.93. The summed E-state index contributed by atoms with van der Waals surface area (Å²) in [4.78, 5) is 4.79. The number of aliphatic hydroxyl groups is 2. The number of nitrogens with zero attached hydrogens (tertiary/aromatic N) is 1. The summed E-state index contributed by atoms with van der Waals surface area (Å²) < 4.78 is 0. The van der Waals surface area contributed by atoms with Crippen LogP contribution in [-0.4, -0.2) is 27.4 Å². The Labute approximate surface area is 170 Å². The smallest absolute Gasteiger partial charge is 0.0536 e. The largest absolute Gasteiger partial charge is 0.393 e. The minimum absolute atomic E-state index is 0. The van der Waals surface area contributed by atoms with E-state index in [0.29, 0.717) is 12.3 Å². The van der Waals surface area contributed by atoms with Crippen molar-refractivity contribution in [2.45, 2.75) is 65.6 Å². The monoisotopic (exact) mass is 533 g/mol. The molecule has 3 unspecified atom stereocenters. The molecule has 0 saturated heterocycles. The van der Waals surface area contributed by atoms with Crippen LogP contribution in [0.3, 0.4) is 0 Å². The van der Waals surface area contributed by atoms with Gasteiger partial charge in [-0.1, -0.05) is 50.1 Å². The third-order valence-electron chi connectivity index (χ3n) is 4.32. The molecule has 2 aromatic rings. The Balaban J connectivity index is 0.000000366. The summed E-state index contributed by atoms with van der Waals surface area (Å²) in [5.41, 5.74) is 4.78. The molecule has 1 aliphatic rings. The number of allylic oxidation sites excluding steroid dienone is 2. The molecule has 0 saturated carbocycles. The van der Waals surface area contributed by atoms with Gasteiger partial charge in [-0.05, 0) is 44.2 Å². The SMILES string of the molecule is CC(O)CC(C)O.Cc1ccc2ccc(C3=[C-]C(C)CCC3)nc2c1.[Ir]. The van der Waals surface area contributed by atoms with E-state index in [4.69, 9.17) is 15.2 Å². The standard InChI is InChI=1S/C17H18N.C5H12O2.Ir/c1-12-4-3-5-15(10-12)16-9-8-14-7-6-13(2)11-17(14)18-16;1-4(6)3-5(2)7;/h6-9,11-12H,3-5H2,1-2H3;4-7H,3H2,1-2H3;/q-1;;. The molecule has 1 heterocycles. The van der Waals surface area contributed by atoms with E-state index in [1.54, 1.807) is 13.8 Å². The molecule has 0 fully saturated rings. The fraction of sp³-hybridized carbons (Fsp3) is 0.500. The van der Waals surface area contributed by atoms with Crippen LogP contribution in [0.1, 0.15) is 57.7 Å². The van der Waals surface area contributed by atoms with Gasteiger partial charge in [-0.3, -0.25) is 6.08 Å². The summed E-state index contributed by atoms with van der Waals surface area (Å²) in [5, 5.41) is 18.3. The van der Waals surface area contributed by atoms with Crippen LogP contribution in [-0.2, 0) is 20.1 Å². The maximum absolute atomic E-state index is 8.56. The number of hydrogen-bond acceptors (Lipinski definition) is 3. The van der Waals surface area contributed by atoms with Gasteiger partial charge in [0.2, 0.25) is 0 Å². The molecule has 1 aliphatic carbocycles. The average Bonchev–Trinajstić information content (AvgIpc) is 2.53. The normalized spacial score (nSPS) is 18.8. The Kier molecular flexibility index (Phi) is 9.67. The quantitative estimate of drug-likeness (QED) is 0.565. The van der Waals surface area contributed by atoms with Crippen LogP contribution in [0.5, 0.6) is 0 Å². The van der Waals surface area contributed by atoms with Crippen molar-refractivity contribution in [3.05, 3.63) is 47.7 Å². The van der Waals surface area contributed by atoms with Gasteiger partial charge in [-0.15, -0.1) is 12.0 Å². The van der Waals surface area contributed by atoms with Crippen LogP contribution < -0.4 is 0 Å². The van der Waals surface area contributed by atoms with Crippen LogP contribution in [0.4, 0.5) is 0 Å². The minimum Gasteiger partial charge on any atom is -0.393 e. The molecule has 0 aliphatic heterocycles. The van der Waals surface area contributed by atoms with Crippen molar-refractivity contribution in [3.63, 3.8) is 0 Å². The molecule has 3 atom stereocenters. The number of aliphatic hydroxyl groups excluding tert-OH is 2. The van der Waals surface area contributed by atoms with Crippen molar-refractivity contribution in [3.8, 4) is 0 Å². The maximum atomic E-state index is 8.56. The molecule has 0 bridgehead atoms. The third-order valence-corrected chi connectivity index (χ3v) is 4.32. The van der Waals surface area contributed by atoms with Crippen molar-refractivity contribution in [1.82, 2.24) is 4.98 Å². The number of fused-ring (bicyclic) bond motifs is 1. The molecule has 0 amide bonds. The van der Waals surface area contributed by atoms with E-state index in [-0.39, 0.29) is 32.3 Å². The molecule has 0 spiro atoms. The van der Waals surface area contributed by atoms with Crippen molar-refractivity contribution < 1.29 is 30.3 Å². The van der Waals surface area contributed by atoms with E-state index in [9.17, 15) is 0 Å². The second kappa shape index (κ2) is 10.9. The number of benzene rings is 1. The first-order valence-electron chi connectivity index (χ1n) is 9.21. The Morgan fingerprint density at radius 1 is 1.15 bits per heavy atom. The second-order valence-corrected chi connectivity index (χ2v) is 7.24. The number of rotatable bonds is 3. The molecular weight excluding hydrogens is 502 g/mol. The fourth-order valence-electron chi connectivity index (χ4n) is 3.12. The van der Waals surface area contributed by atoms with Crippen LogP contribution in [0.15, 0.2) is 30.3 Å². The first kappa shape index (κ1) is 23.0. The predicted molar refractivity (Wildman–Crippen MR) is 104 cm³/mol. The predicted octanol–water partition coefficient (Wildman–Crippen LogP) is 4.69. The Morgan fingerprint density at radius 3 is 2.38 bits per heavy atom. The number of pyridine rings is 1. The molecule has 1 aromatic heterocycles. The van der Waals surface area contributed by atoms with E-state index < -0.39 is 0 Å². The molecule has 3 rings (SSSR count). The minimum atomic E-state index is -0.375. The molecule has 26 heavy (non-hydrogen) atoms. The van der Waals surface area contributed by atoms with E-state index >= 15 is 0 Å². The van der Waals surface area contributed by atoms with E-state index in [1.807, 2.05) is 0 Å². The molecular formula is C22H30IrNO2-. The average molecular weight is 533 g/mol. The first-order valence-corrected chi connectivity index (χ1v) is 9.21. The van der Waals surface area contributed by atoms with Crippen molar-refractivity contribution in [2.24, 2.45) is 5.92 Å². The third kappa shape index (κ3) is 7.28. The zero-order valence-electron chi connectivity index (χ0n) is 16.1. The van der Waals surface area contributed by atoms with Gasteiger partial charge in [0.15, 0.2) is 0 Å². The summed E-state index contributed by atoms with van der Waals surface area (Å²) in [5.74, 6) is 0.573. The Morgan fingerprint density at radius 2 is 1.81 bits per heavy atom. The number of hydrogen-bond donors (Lipinski definition) is 2. The zero-order valence-corrected chi connectivity index (χ0v) is 18.5. The maximum Gasteiger partial charge on any atom is 0.0536 e. The van der Waals surface area contributed by atoms with Crippen LogP contribution >= 0.6 is 0 Å². The fourth-order valence-corrected chi connectivity index (χ4v) is 3.12. The van der Waals surface area contributed by atoms with Gasteiger partial charge < -0.3 is 15.2 Å². The van der Waals surface area contributed by atoms with Crippen molar-refractivity contribution in [2.75, 3.05) is 0 Å². The summed E-state index contributed by atoms with van der Waals surface area (Å²) in [6, 6.07) is 10.7. The molecule has 2 N–H and O–H groups in total. The Bertz CT molecular complexity index is 719. The molecule has 1 radical (unpaired) electrons. The summed E-state index contributed by atoms with van der Waals surface area (Å²) in [7, 11) is 0. The molecule has 1 aromatic carbocycles. The van der Waals surface area contributed by atoms with Gasteiger partial charge in [0.05, 0.1) is 12.2 Å². The second-order valence-electron chi connectivity index (χ2n) is 7.24. The van der Waals surface area contributed by atoms with Gasteiger partial charge in [0, 0.05) is 25.6 Å². The van der Waals surface area contributed by atoms with Crippen molar-refractivity contribution in [1.29, 1.82) is 0 Å². The van der Waals surface area contributed by atoms with Crippen LogP contribution in [0.25, 0.3) is 16.5 Å². The Hall–Kier alpha value is -1.06. The molecule has 145 valence electrons. The van der Waals surface area contributed by atoms with Gasteiger partial charge in [-0.25, -0.2) is 0 Å². The molecule has 3 nitrogen and oxygen atoms in total. The zero-order chi connectivity index (χ0) is 18.4. The van der Waals surface area contributed by atoms with Gasteiger partial charge in [0.25, 0.3) is 0 Å².